The minimum atomic E-state index is -0.195. The summed E-state index contributed by atoms with van der Waals surface area (Å²) in [6.07, 6.45) is 4.91. The molecule has 1 aliphatic heterocycles. The minimum Gasteiger partial charge on any atom is -0.508 e. The Labute approximate surface area is 185 Å². The van der Waals surface area contributed by atoms with E-state index < -0.39 is 0 Å². The summed E-state index contributed by atoms with van der Waals surface area (Å²) >= 11 is 0. The zero-order valence-electron chi connectivity index (χ0n) is 19.3. The Morgan fingerprint density at radius 3 is 2.48 bits per heavy atom. The molecule has 5 heteroatoms. The van der Waals surface area contributed by atoms with E-state index in [0.717, 1.165) is 23.1 Å². The van der Waals surface area contributed by atoms with Crippen molar-refractivity contribution in [1.29, 1.82) is 0 Å². The lowest BCUT2D eigenvalue weighted by molar-refractivity contribution is -0.119. The van der Waals surface area contributed by atoms with Crippen molar-refractivity contribution in [3.05, 3.63) is 71.0 Å². The quantitative estimate of drug-likeness (QED) is 0.677. The largest absolute Gasteiger partial charge is 0.508 e. The number of allylic oxidation sites excluding steroid dienone is 3. The molecular formula is C26H34N2O3. The summed E-state index contributed by atoms with van der Waals surface area (Å²) in [4.78, 5) is 26.6. The zero-order chi connectivity index (χ0) is 23.0. The van der Waals surface area contributed by atoms with Crippen LogP contribution in [-0.2, 0) is 11.3 Å². The molecule has 2 N–H and O–H groups in total. The number of rotatable bonds is 4. The van der Waals surface area contributed by atoms with Crippen molar-refractivity contribution in [3.8, 4) is 0 Å². The van der Waals surface area contributed by atoms with E-state index in [1.807, 2.05) is 42.2 Å². The van der Waals surface area contributed by atoms with Crippen molar-refractivity contribution in [2.75, 3.05) is 6.54 Å². The molecule has 166 valence electrons. The zero-order valence-corrected chi connectivity index (χ0v) is 19.3. The number of carbonyl (C=O) groups excluding carboxylic acids is 2. The van der Waals surface area contributed by atoms with Crippen LogP contribution in [0.2, 0.25) is 0 Å². The summed E-state index contributed by atoms with van der Waals surface area (Å²) in [7, 11) is 0. The second-order valence-electron chi connectivity index (χ2n) is 9.47. The number of aliphatic hydroxyl groups is 1. The van der Waals surface area contributed by atoms with Gasteiger partial charge in [0.2, 0.25) is 5.91 Å². The number of aliphatic hydroxyl groups excluding tert-OH is 1. The van der Waals surface area contributed by atoms with Crippen molar-refractivity contribution >= 4 is 11.8 Å². The van der Waals surface area contributed by atoms with E-state index in [2.05, 4.69) is 32.7 Å². The first-order valence-corrected chi connectivity index (χ1v) is 10.9. The molecule has 2 fully saturated rings. The normalized spacial score (nSPS) is 26.7. The maximum Gasteiger partial charge on any atom is 0.254 e. The summed E-state index contributed by atoms with van der Waals surface area (Å²) in [5.74, 6) is 0.169. The summed E-state index contributed by atoms with van der Waals surface area (Å²) in [6.45, 7) is 15.5. The predicted molar refractivity (Wildman–Crippen MR) is 124 cm³/mol. The second kappa shape index (κ2) is 8.37. The van der Waals surface area contributed by atoms with Crippen molar-refractivity contribution < 1.29 is 14.7 Å². The molecule has 31 heavy (non-hydrogen) atoms. The number of benzene rings is 1. The van der Waals surface area contributed by atoms with Crippen LogP contribution in [0.25, 0.3) is 0 Å². The Hall–Kier alpha value is -2.82. The van der Waals surface area contributed by atoms with Crippen LogP contribution in [-0.4, -0.2) is 34.4 Å². The third-order valence-corrected chi connectivity index (χ3v) is 7.55. The summed E-state index contributed by atoms with van der Waals surface area (Å²) < 4.78 is 0. The van der Waals surface area contributed by atoms with Gasteiger partial charge in [-0.1, -0.05) is 45.6 Å². The molecule has 0 aromatic heterocycles. The van der Waals surface area contributed by atoms with Gasteiger partial charge in [0.1, 0.15) is 5.76 Å². The highest BCUT2D eigenvalue weighted by atomic mass is 16.3. The Kier molecular flexibility index (Phi) is 6.17. The fourth-order valence-corrected chi connectivity index (χ4v) is 5.05. The highest BCUT2D eigenvalue weighted by molar-refractivity contribution is 5.94. The average molecular weight is 423 g/mol. The van der Waals surface area contributed by atoms with E-state index in [4.69, 9.17) is 0 Å². The molecule has 1 aromatic carbocycles. The van der Waals surface area contributed by atoms with E-state index in [0.29, 0.717) is 25.1 Å². The Morgan fingerprint density at radius 1 is 1.26 bits per heavy atom. The highest BCUT2D eigenvalue weighted by Crippen LogP contribution is 2.60. The molecule has 0 unspecified atom stereocenters. The first-order chi connectivity index (χ1) is 14.5. The van der Waals surface area contributed by atoms with Gasteiger partial charge in [0.25, 0.3) is 5.91 Å². The van der Waals surface area contributed by atoms with E-state index in [-0.39, 0.29) is 34.4 Å². The summed E-state index contributed by atoms with van der Waals surface area (Å²) in [5, 5.41) is 13.4. The number of piperidine rings is 1. The van der Waals surface area contributed by atoms with Gasteiger partial charge in [0.15, 0.2) is 0 Å². The van der Waals surface area contributed by atoms with E-state index in [1.165, 1.54) is 6.92 Å². The predicted octanol–water partition coefficient (Wildman–Crippen LogP) is 4.92. The van der Waals surface area contributed by atoms with E-state index >= 15 is 0 Å². The van der Waals surface area contributed by atoms with Gasteiger partial charge in [-0.05, 0) is 60.1 Å². The molecule has 0 radical (unpaired) electrons. The van der Waals surface area contributed by atoms with Gasteiger partial charge in [0.05, 0.1) is 0 Å². The fraction of sp³-hybridized carbons (Fsp3) is 0.462. The molecule has 0 spiro atoms. The van der Waals surface area contributed by atoms with Gasteiger partial charge < -0.3 is 15.3 Å². The molecule has 1 aromatic rings. The van der Waals surface area contributed by atoms with E-state index in [9.17, 15) is 14.7 Å². The monoisotopic (exact) mass is 422 g/mol. The van der Waals surface area contributed by atoms with Crippen LogP contribution in [0.15, 0.2) is 59.9 Å². The molecule has 2 amide bonds. The first-order valence-electron chi connectivity index (χ1n) is 10.9. The van der Waals surface area contributed by atoms with Crippen molar-refractivity contribution in [2.45, 2.75) is 60.0 Å². The second-order valence-corrected chi connectivity index (χ2v) is 9.47. The highest BCUT2D eigenvalue weighted by Gasteiger charge is 2.58. The smallest absolute Gasteiger partial charge is 0.254 e. The number of likely N-dealkylation sites (tertiary alicyclic amines) is 1. The van der Waals surface area contributed by atoms with Crippen LogP contribution in [0.4, 0.5) is 0 Å². The van der Waals surface area contributed by atoms with Crippen LogP contribution in [0.5, 0.6) is 0 Å². The molecule has 1 heterocycles. The lowest BCUT2D eigenvalue weighted by Gasteiger charge is -2.61. The maximum absolute atomic E-state index is 13.5. The van der Waals surface area contributed by atoms with Crippen LogP contribution < -0.4 is 5.32 Å². The van der Waals surface area contributed by atoms with Crippen molar-refractivity contribution in [1.82, 2.24) is 10.2 Å². The Bertz CT molecular complexity index is 955. The summed E-state index contributed by atoms with van der Waals surface area (Å²) in [6, 6.07) is 7.39. The molecule has 3 rings (SSSR count). The standard InChI is InChI=1S/C26H34N2O3/c1-7-8-22(30)21-15-23-25(4,5)26(6,17(21)2)13-14-28(23)24(31)20-11-9-19(10-12-20)16-27-18(3)29/h7-12,23,30H,2,13-16H2,1,3-6H3,(H,27,29)/b8-7-,22-21+/t23-,26+/m1/s1. The van der Waals surface area contributed by atoms with Gasteiger partial charge >= 0.3 is 0 Å². The average Bonchev–Trinajstić information content (AvgIpc) is 2.71. The van der Waals surface area contributed by atoms with Crippen LogP contribution in [0.3, 0.4) is 0 Å². The Morgan fingerprint density at radius 2 is 1.90 bits per heavy atom. The third kappa shape index (κ3) is 3.93. The van der Waals surface area contributed by atoms with Crippen molar-refractivity contribution in [2.24, 2.45) is 10.8 Å². The molecule has 1 aliphatic carbocycles. The number of fused-ring (bicyclic) bond motifs is 2. The number of nitrogens with zero attached hydrogens (tertiary/aromatic N) is 1. The Balaban J connectivity index is 1.91. The molecule has 2 bridgehead atoms. The molecule has 1 saturated heterocycles. The van der Waals surface area contributed by atoms with Crippen molar-refractivity contribution in [3.63, 3.8) is 0 Å². The molecular weight excluding hydrogens is 388 g/mol. The number of nitrogens with one attached hydrogen (secondary N) is 1. The first kappa shape index (κ1) is 22.9. The fourth-order valence-electron chi connectivity index (χ4n) is 5.05. The molecule has 2 aliphatic rings. The SMILES string of the molecule is C=C1/C(=C(O)\C=C/C)C[C@H]2N(C(=O)c3ccc(CNC(C)=O)cc3)CC[C@]1(C)C2(C)C. The third-order valence-electron chi connectivity index (χ3n) is 7.55. The molecule has 5 nitrogen and oxygen atoms in total. The van der Waals surface area contributed by atoms with Gasteiger partial charge in [0, 0.05) is 37.0 Å². The van der Waals surface area contributed by atoms with Crippen LogP contribution >= 0.6 is 0 Å². The van der Waals surface area contributed by atoms with Gasteiger partial charge in [-0.25, -0.2) is 0 Å². The molecule has 2 atom stereocenters. The summed E-state index contributed by atoms with van der Waals surface area (Å²) in [5.41, 5.74) is 3.06. The van der Waals surface area contributed by atoms with Gasteiger partial charge in [-0.3, -0.25) is 9.59 Å². The van der Waals surface area contributed by atoms with E-state index in [1.54, 1.807) is 6.08 Å². The minimum absolute atomic E-state index is 0.00332. The number of hydrogen-bond donors (Lipinski definition) is 2. The lowest BCUT2D eigenvalue weighted by atomic mass is 9.50. The number of amides is 2. The number of carbonyl (C=O) groups is 2. The van der Waals surface area contributed by atoms with Gasteiger partial charge in [-0.15, -0.1) is 0 Å². The van der Waals surface area contributed by atoms with Crippen LogP contribution in [0, 0.1) is 10.8 Å². The maximum atomic E-state index is 13.5. The lowest BCUT2D eigenvalue weighted by Crippen LogP contribution is -2.63. The topological polar surface area (TPSA) is 69.6 Å². The number of hydrogen-bond acceptors (Lipinski definition) is 3. The molecule has 1 saturated carbocycles. The van der Waals surface area contributed by atoms with Gasteiger partial charge in [-0.2, -0.15) is 0 Å². The van der Waals surface area contributed by atoms with Crippen LogP contribution in [0.1, 0.15) is 63.4 Å².